The summed E-state index contributed by atoms with van der Waals surface area (Å²) >= 11 is 6.01. The predicted octanol–water partition coefficient (Wildman–Crippen LogP) is 3.76. The molecular formula is C14H15ClN4. The van der Waals surface area contributed by atoms with Gasteiger partial charge in [0.15, 0.2) is 0 Å². The first-order valence-electron chi connectivity index (χ1n) is 6.32. The summed E-state index contributed by atoms with van der Waals surface area (Å²) in [5.74, 6) is 1.63. The van der Waals surface area contributed by atoms with Crippen LogP contribution in [0.5, 0.6) is 0 Å². The Labute approximate surface area is 117 Å². The summed E-state index contributed by atoms with van der Waals surface area (Å²) in [6.07, 6.45) is 4.01. The summed E-state index contributed by atoms with van der Waals surface area (Å²) in [6, 6.07) is 8.25. The third-order valence-electron chi connectivity index (χ3n) is 3.06. The van der Waals surface area contributed by atoms with Crippen LogP contribution < -0.4 is 10.6 Å². The number of nitrogens with zero attached hydrogens (tertiary/aromatic N) is 2. The Kier molecular flexibility index (Phi) is 3.25. The largest absolute Gasteiger partial charge is 0.367 e. The van der Waals surface area contributed by atoms with Gasteiger partial charge in [0, 0.05) is 22.8 Å². The summed E-state index contributed by atoms with van der Waals surface area (Å²) in [5.41, 5.74) is 2.09. The predicted molar refractivity (Wildman–Crippen MR) is 78.1 cm³/mol. The molecule has 0 atom stereocenters. The number of anilines is 3. The van der Waals surface area contributed by atoms with Gasteiger partial charge in [0.1, 0.15) is 18.0 Å². The second-order valence-electron chi connectivity index (χ2n) is 4.79. The fourth-order valence-electron chi connectivity index (χ4n) is 1.81. The molecule has 0 saturated heterocycles. The summed E-state index contributed by atoms with van der Waals surface area (Å²) in [4.78, 5) is 8.44. The minimum atomic E-state index is 0.579. The molecule has 1 saturated carbocycles. The fourth-order valence-corrected chi connectivity index (χ4v) is 1.98. The van der Waals surface area contributed by atoms with Crippen LogP contribution in [-0.4, -0.2) is 16.0 Å². The van der Waals surface area contributed by atoms with Gasteiger partial charge in [-0.15, -0.1) is 0 Å². The Bertz CT molecular complexity index is 596. The molecule has 1 aromatic heterocycles. The van der Waals surface area contributed by atoms with Crippen LogP contribution in [0.1, 0.15) is 18.4 Å². The second kappa shape index (κ2) is 5.05. The molecule has 0 radical (unpaired) electrons. The van der Waals surface area contributed by atoms with E-state index < -0.39 is 0 Å². The zero-order valence-electron chi connectivity index (χ0n) is 10.7. The summed E-state index contributed by atoms with van der Waals surface area (Å²) in [5, 5.41) is 7.33. The first-order valence-corrected chi connectivity index (χ1v) is 6.70. The minimum absolute atomic E-state index is 0.579. The van der Waals surface area contributed by atoms with E-state index in [-0.39, 0.29) is 0 Å². The molecule has 2 N–H and O–H groups in total. The number of halogens is 1. The SMILES string of the molecule is Cc1ccc(Cl)cc1Nc1cc(NC2CC2)ncn1. The highest BCUT2D eigenvalue weighted by molar-refractivity contribution is 6.30. The number of nitrogens with one attached hydrogen (secondary N) is 2. The lowest BCUT2D eigenvalue weighted by molar-refractivity contribution is 1.08. The number of rotatable bonds is 4. The lowest BCUT2D eigenvalue weighted by atomic mass is 10.2. The average Bonchev–Trinajstić information content (AvgIpc) is 3.18. The number of benzene rings is 1. The van der Waals surface area contributed by atoms with Crippen molar-refractivity contribution >= 4 is 28.9 Å². The van der Waals surface area contributed by atoms with Gasteiger partial charge in [-0.1, -0.05) is 17.7 Å². The van der Waals surface area contributed by atoms with Crippen LogP contribution in [0.2, 0.25) is 5.02 Å². The molecule has 98 valence electrons. The third kappa shape index (κ3) is 3.15. The van der Waals surface area contributed by atoms with Gasteiger partial charge in [-0.05, 0) is 37.5 Å². The third-order valence-corrected chi connectivity index (χ3v) is 3.29. The second-order valence-corrected chi connectivity index (χ2v) is 5.23. The van der Waals surface area contributed by atoms with E-state index in [0.29, 0.717) is 11.1 Å². The van der Waals surface area contributed by atoms with Gasteiger partial charge >= 0.3 is 0 Å². The lowest BCUT2D eigenvalue weighted by Gasteiger charge is -2.10. The van der Waals surface area contributed by atoms with Crippen molar-refractivity contribution in [2.45, 2.75) is 25.8 Å². The maximum atomic E-state index is 6.01. The monoisotopic (exact) mass is 274 g/mol. The molecule has 3 rings (SSSR count). The van der Waals surface area contributed by atoms with Crippen LogP contribution in [0, 0.1) is 6.92 Å². The molecule has 1 aliphatic rings. The smallest absolute Gasteiger partial charge is 0.135 e. The highest BCUT2D eigenvalue weighted by Gasteiger charge is 2.21. The zero-order valence-corrected chi connectivity index (χ0v) is 11.4. The Morgan fingerprint density at radius 3 is 2.74 bits per heavy atom. The summed E-state index contributed by atoms with van der Waals surface area (Å²) in [7, 11) is 0. The molecule has 0 aliphatic heterocycles. The van der Waals surface area contributed by atoms with Crippen molar-refractivity contribution in [3.8, 4) is 0 Å². The van der Waals surface area contributed by atoms with E-state index in [1.807, 2.05) is 31.2 Å². The van der Waals surface area contributed by atoms with E-state index >= 15 is 0 Å². The molecule has 5 heteroatoms. The summed E-state index contributed by atoms with van der Waals surface area (Å²) in [6.45, 7) is 2.03. The van der Waals surface area contributed by atoms with E-state index in [1.54, 1.807) is 6.33 Å². The molecule has 0 spiro atoms. The van der Waals surface area contributed by atoms with E-state index in [0.717, 1.165) is 22.9 Å². The van der Waals surface area contributed by atoms with Gasteiger partial charge in [0.2, 0.25) is 0 Å². The van der Waals surface area contributed by atoms with Crippen molar-refractivity contribution in [1.29, 1.82) is 0 Å². The summed E-state index contributed by atoms with van der Waals surface area (Å²) < 4.78 is 0. The maximum absolute atomic E-state index is 6.01. The Morgan fingerprint density at radius 1 is 1.16 bits per heavy atom. The zero-order chi connectivity index (χ0) is 13.2. The van der Waals surface area contributed by atoms with Crippen molar-refractivity contribution in [2.24, 2.45) is 0 Å². The molecule has 0 unspecified atom stereocenters. The quantitative estimate of drug-likeness (QED) is 0.891. The molecule has 0 amide bonds. The van der Waals surface area contributed by atoms with Gasteiger partial charge in [-0.25, -0.2) is 9.97 Å². The van der Waals surface area contributed by atoms with Crippen LogP contribution >= 0.6 is 11.6 Å². The molecule has 2 aromatic rings. The van der Waals surface area contributed by atoms with Gasteiger partial charge in [-0.2, -0.15) is 0 Å². The van der Waals surface area contributed by atoms with E-state index in [9.17, 15) is 0 Å². The molecule has 1 fully saturated rings. The van der Waals surface area contributed by atoms with Gasteiger partial charge < -0.3 is 10.6 Å². The molecule has 4 nitrogen and oxygen atoms in total. The fraction of sp³-hybridized carbons (Fsp3) is 0.286. The number of aromatic nitrogens is 2. The highest BCUT2D eigenvalue weighted by atomic mass is 35.5. The van der Waals surface area contributed by atoms with Gasteiger partial charge in [0.25, 0.3) is 0 Å². The molecule has 1 aromatic carbocycles. The Morgan fingerprint density at radius 2 is 1.95 bits per heavy atom. The Balaban J connectivity index is 1.79. The molecule has 19 heavy (non-hydrogen) atoms. The number of hydrogen-bond donors (Lipinski definition) is 2. The van der Waals surface area contributed by atoms with E-state index in [1.165, 1.54) is 12.8 Å². The standard InChI is InChI=1S/C14H15ClN4/c1-9-2-3-10(15)6-12(9)19-14-7-13(16-8-17-14)18-11-4-5-11/h2-3,6-8,11H,4-5H2,1H3,(H2,16,17,18,19). The van der Waals surface area contributed by atoms with Crippen molar-refractivity contribution < 1.29 is 0 Å². The maximum Gasteiger partial charge on any atom is 0.135 e. The normalized spacial score (nSPS) is 14.2. The van der Waals surface area contributed by atoms with Gasteiger partial charge in [-0.3, -0.25) is 0 Å². The first-order chi connectivity index (χ1) is 9.20. The number of aryl methyl sites for hydroxylation is 1. The topological polar surface area (TPSA) is 49.8 Å². The molecule has 1 aliphatic carbocycles. The average molecular weight is 275 g/mol. The van der Waals surface area contributed by atoms with Crippen LogP contribution in [0.3, 0.4) is 0 Å². The molecular weight excluding hydrogens is 260 g/mol. The van der Waals surface area contributed by atoms with E-state index in [2.05, 4.69) is 20.6 Å². The molecule has 0 bridgehead atoms. The van der Waals surface area contributed by atoms with Crippen molar-refractivity contribution in [2.75, 3.05) is 10.6 Å². The van der Waals surface area contributed by atoms with Crippen LogP contribution in [0.4, 0.5) is 17.3 Å². The van der Waals surface area contributed by atoms with E-state index in [4.69, 9.17) is 11.6 Å². The van der Waals surface area contributed by atoms with Gasteiger partial charge in [0.05, 0.1) is 0 Å². The van der Waals surface area contributed by atoms with Crippen LogP contribution in [0.25, 0.3) is 0 Å². The first kappa shape index (κ1) is 12.2. The number of hydrogen-bond acceptors (Lipinski definition) is 4. The molecule has 1 heterocycles. The van der Waals surface area contributed by atoms with Crippen molar-refractivity contribution in [3.63, 3.8) is 0 Å². The van der Waals surface area contributed by atoms with Crippen molar-refractivity contribution in [1.82, 2.24) is 9.97 Å². The highest BCUT2D eigenvalue weighted by Crippen LogP contribution is 2.26. The van der Waals surface area contributed by atoms with Crippen LogP contribution in [0.15, 0.2) is 30.6 Å². The van der Waals surface area contributed by atoms with Crippen LogP contribution in [-0.2, 0) is 0 Å². The minimum Gasteiger partial charge on any atom is -0.367 e. The lowest BCUT2D eigenvalue weighted by Crippen LogP contribution is -2.04. The Hall–Kier alpha value is -1.81. The van der Waals surface area contributed by atoms with Crippen molar-refractivity contribution in [3.05, 3.63) is 41.2 Å².